The normalized spacial score (nSPS) is 19.1. The third kappa shape index (κ3) is 3.01. The molecule has 1 fully saturated rings. The van der Waals surface area contributed by atoms with Crippen molar-refractivity contribution in [3.05, 3.63) is 41.8 Å². The molecule has 1 aromatic heterocycles. The number of aromatic nitrogens is 1. The van der Waals surface area contributed by atoms with Gasteiger partial charge in [0.05, 0.1) is 17.7 Å². The zero-order chi connectivity index (χ0) is 15.5. The second kappa shape index (κ2) is 6.27. The van der Waals surface area contributed by atoms with Crippen molar-refractivity contribution in [2.75, 3.05) is 6.61 Å². The predicted octanol–water partition coefficient (Wildman–Crippen LogP) is 2.78. The molecule has 0 unspecified atom stereocenters. The van der Waals surface area contributed by atoms with Gasteiger partial charge >= 0.3 is 0 Å². The van der Waals surface area contributed by atoms with Gasteiger partial charge in [-0.25, -0.2) is 4.39 Å². The molecule has 22 heavy (non-hydrogen) atoms. The Labute approximate surface area is 127 Å². The highest BCUT2D eigenvalue weighted by atomic mass is 19.1. The maximum Gasteiger partial charge on any atom is 0.273 e. The molecule has 5 nitrogen and oxygen atoms in total. The van der Waals surface area contributed by atoms with Crippen LogP contribution < -0.4 is 5.32 Å². The number of hydrogen-bond donors (Lipinski definition) is 1. The van der Waals surface area contributed by atoms with Crippen LogP contribution in [0.4, 0.5) is 4.39 Å². The van der Waals surface area contributed by atoms with E-state index in [1.165, 1.54) is 12.1 Å². The van der Waals surface area contributed by atoms with Gasteiger partial charge in [-0.15, -0.1) is 0 Å². The van der Waals surface area contributed by atoms with Crippen molar-refractivity contribution in [3.8, 4) is 11.3 Å². The summed E-state index contributed by atoms with van der Waals surface area (Å²) in [5, 5.41) is 6.56. The Balaban J connectivity index is 1.70. The Bertz CT molecular complexity index is 665. The van der Waals surface area contributed by atoms with E-state index in [0.717, 1.165) is 19.4 Å². The highest BCUT2D eigenvalue weighted by Gasteiger charge is 2.25. The molecule has 2 atom stereocenters. The minimum absolute atomic E-state index is 0.0295. The summed E-state index contributed by atoms with van der Waals surface area (Å²) in [7, 11) is 0. The van der Waals surface area contributed by atoms with E-state index >= 15 is 0 Å². The zero-order valence-corrected chi connectivity index (χ0v) is 12.2. The molecule has 3 rings (SSSR count). The van der Waals surface area contributed by atoms with Gasteiger partial charge in [0.1, 0.15) is 5.82 Å². The third-order valence-electron chi connectivity index (χ3n) is 3.76. The van der Waals surface area contributed by atoms with Crippen molar-refractivity contribution < 1.29 is 18.4 Å². The lowest BCUT2D eigenvalue weighted by Gasteiger charge is -2.19. The Morgan fingerprint density at radius 3 is 3.00 bits per heavy atom. The minimum atomic E-state index is -0.418. The molecule has 0 saturated carbocycles. The number of nitrogens with one attached hydrogen (secondary N) is 1. The Morgan fingerprint density at radius 2 is 2.27 bits per heavy atom. The summed E-state index contributed by atoms with van der Waals surface area (Å²) in [5.41, 5.74) is 0.407. The first-order chi connectivity index (χ1) is 10.6. The summed E-state index contributed by atoms with van der Waals surface area (Å²) < 4.78 is 24.3. The Kier molecular flexibility index (Phi) is 4.20. The molecular formula is C16H17FN2O3. The molecule has 6 heteroatoms. The second-order valence-electron chi connectivity index (χ2n) is 5.37. The number of carbonyl (C=O) groups excluding carboxylic acids is 1. The molecule has 1 aliphatic heterocycles. The van der Waals surface area contributed by atoms with Crippen LogP contribution in [-0.2, 0) is 4.74 Å². The number of halogens is 1. The lowest BCUT2D eigenvalue weighted by atomic mass is 10.1. The monoisotopic (exact) mass is 304 g/mol. The Morgan fingerprint density at radius 1 is 1.45 bits per heavy atom. The lowest BCUT2D eigenvalue weighted by Crippen LogP contribution is -2.40. The lowest BCUT2D eigenvalue weighted by molar-refractivity contribution is 0.0707. The van der Waals surface area contributed by atoms with Gasteiger partial charge in [0.15, 0.2) is 11.5 Å². The fourth-order valence-electron chi connectivity index (χ4n) is 2.54. The fraction of sp³-hybridized carbons (Fsp3) is 0.375. The van der Waals surface area contributed by atoms with E-state index < -0.39 is 5.82 Å². The van der Waals surface area contributed by atoms with Crippen molar-refractivity contribution in [1.82, 2.24) is 10.5 Å². The summed E-state index contributed by atoms with van der Waals surface area (Å²) in [5.74, 6) is -0.541. The number of hydrogen-bond acceptors (Lipinski definition) is 4. The number of benzene rings is 1. The molecule has 1 N–H and O–H groups in total. The smallest absolute Gasteiger partial charge is 0.273 e. The van der Waals surface area contributed by atoms with Gasteiger partial charge in [0.25, 0.3) is 5.91 Å². The molecule has 1 saturated heterocycles. The van der Waals surface area contributed by atoms with Crippen LogP contribution in [0, 0.1) is 5.82 Å². The quantitative estimate of drug-likeness (QED) is 0.943. The third-order valence-corrected chi connectivity index (χ3v) is 3.76. The van der Waals surface area contributed by atoms with Gasteiger partial charge in [0.2, 0.25) is 0 Å². The van der Waals surface area contributed by atoms with Gasteiger partial charge < -0.3 is 14.6 Å². The molecule has 116 valence electrons. The van der Waals surface area contributed by atoms with Crippen LogP contribution >= 0.6 is 0 Å². The molecule has 1 amide bonds. The average Bonchev–Trinajstić information content (AvgIpc) is 3.19. The van der Waals surface area contributed by atoms with Crippen molar-refractivity contribution in [2.24, 2.45) is 0 Å². The maximum atomic E-state index is 13.7. The van der Waals surface area contributed by atoms with Gasteiger partial charge in [-0.1, -0.05) is 17.3 Å². The van der Waals surface area contributed by atoms with Crippen LogP contribution in [0.25, 0.3) is 11.3 Å². The minimum Gasteiger partial charge on any atom is -0.376 e. The second-order valence-corrected chi connectivity index (χ2v) is 5.37. The number of rotatable bonds is 4. The van der Waals surface area contributed by atoms with E-state index in [0.29, 0.717) is 0 Å². The van der Waals surface area contributed by atoms with Crippen LogP contribution in [-0.4, -0.2) is 29.8 Å². The van der Waals surface area contributed by atoms with E-state index in [2.05, 4.69) is 10.5 Å². The topological polar surface area (TPSA) is 64.4 Å². The standard InChI is InChI=1S/C16H17FN2O3/c1-10(14-7-4-8-21-14)18-16(20)13-9-15(22-19-13)11-5-2-3-6-12(11)17/h2-3,5-6,9-10,14H,4,7-8H2,1H3,(H,18,20)/t10-,14-/m1/s1. The van der Waals surface area contributed by atoms with E-state index in [1.54, 1.807) is 18.2 Å². The maximum absolute atomic E-state index is 13.7. The summed E-state index contributed by atoms with van der Waals surface area (Å²) in [6.07, 6.45) is 1.97. The SMILES string of the molecule is C[C@@H](NC(=O)c1cc(-c2ccccc2F)on1)[C@H]1CCCO1. The van der Waals surface area contributed by atoms with Crippen LogP contribution in [0.5, 0.6) is 0 Å². The molecule has 0 spiro atoms. The van der Waals surface area contributed by atoms with Gasteiger partial charge in [-0.05, 0) is 31.9 Å². The zero-order valence-electron chi connectivity index (χ0n) is 12.2. The van der Waals surface area contributed by atoms with Crippen LogP contribution in [0.3, 0.4) is 0 Å². The van der Waals surface area contributed by atoms with Crippen molar-refractivity contribution in [2.45, 2.75) is 31.9 Å². The number of nitrogens with zero attached hydrogens (tertiary/aromatic N) is 1. The molecule has 2 aromatic rings. The molecule has 0 bridgehead atoms. The molecular weight excluding hydrogens is 287 g/mol. The van der Waals surface area contributed by atoms with Crippen LogP contribution in [0.2, 0.25) is 0 Å². The van der Waals surface area contributed by atoms with E-state index in [4.69, 9.17) is 9.26 Å². The molecule has 0 radical (unpaired) electrons. The summed E-state index contributed by atoms with van der Waals surface area (Å²) in [6.45, 7) is 2.62. The fourth-order valence-corrected chi connectivity index (χ4v) is 2.54. The number of carbonyl (C=O) groups is 1. The van der Waals surface area contributed by atoms with Crippen LogP contribution in [0.1, 0.15) is 30.3 Å². The summed E-state index contributed by atoms with van der Waals surface area (Å²) in [6, 6.07) is 7.52. The van der Waals surface area contributed by atoms with Crippen molar-refractivity contribution in [1.29, 1.82) is 0 Å². The first-order valence-corrected chi connectivity index (χ1v) is 7.29. The van der Waals surface area contributed by atoms with E-state index in [-0.39, 0.29) is 35.1 Å². The largest absolute Gasteiger partial charge is 0.376 e. The summed E-state index contributed by atoms with van der Waals surface area (Å²) >= 11 is 0. The highest BCUT2D eigenvalue weighted by molar-refractivity contribution is 5.93. The molecule has 1 aromatic carbocycles. The van der Waals surface area contributed by atoms with Gasteiger partial charge in [-0.3, -0.25) is 4.79 Å². The Hall–Kier alpha value is -2.21. The van der Waals surface area contributed by atoms with Gasteiger partial charge in [-0.2, -0.15) is 0 Å². The first kappa shape index (κ1) is 14.7. The van der Waals surface area contributed by atoms with E-state index in [1.807, 2.05) is 6.92 Å². The first-order valence-electron chi connectivity index (χ1n) is 7.29. The number of amides is 1. The van der Waals surface area contributed by atoms with Crippen molar-refractivity contribution in [3.63, 3.8) is 0 Å². The molecule has 0 aliphatic carbocycles. The average molecular weight is 304 g/mol. The van der Waals surface area contributed by atoms with Gasteiger partial charge in [0, 0.05) is 12.7 Å². The number of ether oxygens (including phenoxy) is 1. The molecule has 2 heterocycles. The predicted molar refractivity (Wildman–Crippen MR) is 77.8 cm³/mol. The van der Waals surface area contributed by atoms with E-state index in [9.17, 15) is 9.18 Å². The van der Waals surface area contributed by atoms with Crippen LogP contribution in [0.15, 0.2) is 34.9 Å². The molecule has 1 aliphatic rings. The summed E-state index contributed by atoms with van der Waals surface area (Å²) in [4.78, 5) is 12.2. The highest BCUT2D eigenvalue weighted by Crippen LogP contribution is 2.23. The van der Waals surface area contributed by atoms with Crippen molar-refractivity contribution >= 4 is 5.91 Å².